The van der Waals surface area contributed by atoms with Gasteiger partial charge in [-0.05, 0) is 13.8 Å². The Morgan fingerprint density at radius 2 is 2.15 bits per heavy atom. The Kier molecular flexibility index (Phi) is 4.83. The van der Waals surface area contributed by atoms with Crippen LogP contribution in [0.25, 0.3) is 11.0 Å². The molecule has 110 valence electrons. The van der Waals surface area contributed by atoms with Gasteiger partial charge in [0.1, 0.15) is 5.82 Å². The average molecular weight is 301 g/mol. The standard InChI is InChI=1S/C14H18ClFN2O2/c1-9(2)20-5-4-18-12-7-13(19-3)10(16)6-11(12)17-14(18)8-15/h6-7,9H,4-5,8H2,1-3H3. The number of halogens is 2. The highest BCUT2D eigenvalue weighted by Crippen LogP contribution is 2.26. The first-order valence-corrected chi connectivity index (χ1v) is 7.00. The van der Waals surface area contributed by atoms with Crippen molar-refractivity contribution in [2.24, 2.45) is 0 Å². The summed E-state index contributed by atoms with van der Waals surface area (Å²) in [5, 5.41) is 0. The molecule has 0 amide bonds. The molecule has 0 unspecified atom stereocenters. The van der Waals surface area contributed by atoms with Crippen LogP contribution >= 0.6 is 11.6 Å². The number of fused-ring (bicyclic) bond motifs is 1. The van der Waals surface area contributed by atoms with Gasteiger partial charge in [0.25, 0.3) is 0 Å². The Morgan fingerprint density at radius 3 is 2.75 bits per heavy atom. The van der Waals surface area contributed by atoms with Crippen molar-refractivity contribution in [2.75, 3.05) is 13.7 Å². The van der Waals surface area contributed by atoms with Gasteiger partial charge in [-0.25, -0.2) is 9.37 Å². The molecule has 0 aliphatic heterocycles. The summed E-state index contributed by atoms with van der Waals surface area (Å²) in [6.45, 7) is 5.12. The number of hydrogen-bond donors (Lipinski definition) is 0. The number of aromatic nitrogens is 2. The smallest absolute Gasteiger partial charge is 0.167 e. The fourth-order valence-electron chi connectivity index (χ4n) is 2.06. The van der Waals surface area contributed by atoms with Crippen molar-refractivity contribution in [3.63, 3.8) is 0 Å². The second-order valence-corrected chi connectivity index (χ2v) is 4.98. The van der Waals surface area contributed by atoms with Crippen molar-refractivity contribution in [1.29, 1.82) is 0 Å². The Hall–Kier alpha value is -1.33. The highest BCUT2D eigenvalue weighted by molar-refractivity contribution is 6.16. The minimum Gasteiger partial charge on any atom is -0.494 e. The number of methoxy groups -OCH3 is 1. The van der Waals surface area contributed by atoms with E-state index in [1.807, 2.05) is 18.4 Å². The van der Waals surface area contributed by atoms with Gasteiger partial charge < -0.3 is 14.0 Å². The van der Waals surface area contributed by atoms with Crippen molar-refractivity contribution in [3.8, 4) is 5.75 Å². The summed E-state index contributed by atoms with van der Waals surface area (Å²) in [5.74, 6) is 0.732. The lowest BCUT2D eigenvalue weighted by atomic mass is 10.3. The molecule has 2 aromatic rings. The van der Waals surface area contributed by atoms with Crippen LogP contribution in [0.5, 0.6) is 5.75 Å². The molecule has 0 N–H and O–H groups in total. The number of benzene rings is 1. The fourth-order valence-corrected chi connectivity index (χ4v) is 2.27. The normalized spacial score (nSPS) is 11.5. The highest BCUT2D eigenvalue weighted by Gasteiger charge is 2.14. The second-order valence-electron chi connectivity index (χ2n) is 4.71. The van der Waals surface area contributed by atoms with Crippen LogP contribution < -0.4 is 4.74 Å². The minimum atomic E-state index is -0.427. The number of rotatable bonds is 6. The van der Waals surface area contributed by atoms with Gasteiger partial charge in [-0.1, -0.05) is 0 Å². The van der Waals surface area contributed by atoms with Crippen LogP contribution in [-0.4, -0.2) is 29.4 Å². The molecule has 4 nitrogen and oxygen atoms in total. The molecule has 1 aromatic carbocycles. The van der Waals surface area contributed by atoms with Crippen molar-refractivity contribution < 1.29 is 13.9 Å². The van der Waals surface area contributed by atoms with E-state index >= 15 is 0 Å². The summed E-state index contributed by atoms with van der Waals surface area (Å²) >= 11 is 5.91. The van der Waals surface area contributed by atoms with Gasteiger partial charge >= 0.3 is 0 Å². The maximum atomic E-state index is 13.7. The lowest BCUT2D eigenvalue weighted by Crippen LogP contribution is -2.12. The molecule has 0 bridgehead atoms. The molecule has 20 heavy (non-hydrogen) atoms. The summed E-state index contributed by atoms with van der Waals surface area (Å²) in [5.41, 5.74) is 1.37. The lowest BCUT2D eigenvalue weighted by molar-refractivity contribution is 0.0729. The zero-order valence-electron chi connectivity index (χ0n) is 11.8. The van der Waals surface area contributed by atoms with Crippen LogP contribution in [0.4, 0.5) is 4.39 Å². The predicted octanol–water partition coefficient (Wildman–Crippen LogP) is 3.35. The topological polar surface area (TPSA) is 36.3 Å². The molecule has 6 heteroatoms. The third kappa shape index (κ3) is 3.04. The molecular weight excluding hydrogens is 283 g/mol. The van der Waals surface area contributed by atoms with E-state index < -0.39 is 5.82 Å². The van der Waals surface area contributed by atoms with Crippen LogP contribution in [0.3, 0.4) is 0 Å². The molecule has 0 spiro atoms. The Bertz CT molecular complexity index is 598. The average Bonchev–Trinajstić information content (AvgIpc) is 2.74. The summed E-state index contributed by atoms with van der Waals surface area (Å²) < 4.78 is 26.2. The van der Waals surface area contributed by atoms with Gasteiger partial charge in [-0.3, -0.25) is 0 Å². The van der Waals surface area contributed by atoms with Crippen molar-refractivity contribution in [1.82, 2.24) is 9.55 Å². The van der Waals surface area contributed by atoms with E-state index in [1.54, 1.807) is 6.07 Å². The Morgan fingerprint density at radius 1 is 1.40 bits per heavy atom. The Labute approximate surface area is 122 Å². The number of hydrogen-bond acceptors (Lipinski definition) is 3. The summed E-state index contributed by atoms with van der Waals surface area (Å²) in [6, 6.07) is 3.01. The molecule has 2 rings (SSSR count). The monoisotopic (exact) mass is 300 g/mol. The summed E-state index contributed by atoms with van der Waals surface area (Å²) in [4.78, 5) is 4.35. The third-order valence-electron chi connectivity index (χ3n) is 2.99. The van der Waals surface area contributed by atoms with E-state index in [0.29, 0.717) is 24.5 Å². The highest BCUT2D eigenvalue weighted by atomic mass is 35.5. The van der Waals surface area contributed by atoms with E-state index in [9.17, 15) is 4.39 Å². The molecule has 1 heterocycles. The van der Waals surface area contributed by atoms with Crippen molar-refractivity contribution in [3.05, 3.63) is 23.8 Å². The number of nitrogens with zero attached hydrogens (tertiary/aromatic N) is 2. The molecule has 0 saturated carbocycles. The van der Waals surface area contributed by atoms with Crippen LogP contribution in [0.1, 0.15) is 19.7 Å². The van der Waals surface area contributed by atoms with Crippen LogP contribution in [-0.2, 0) is 17.2 Å². The Balaban J connectivity index is 2.39. The van der Waals surface area contributed by atoms with Gasteiger partial charge in [-0.15, -0.1) is 11.6 Å². The maximum Gasteiger partial charge on any atom is 0.167 e. The largest absolute Gasteiger partial charge is 0.494 e. The SMILES string of the molecule is COc1cc2c(cc1F)nc(CCl)n2CCOC(C)C. The van der Waals surface area contributed by atoms with Crippen molar-refractivity contribution in [2.45, 2.75) is 32.4 Å². The molecular formula is C14H18ClFN2O2. The van der Waals surface area contributed by atoms with Gasteiger partial charge in [0.2, 0.25) is 0 Å². The molecule has 0 aliphatic rings. The molecule has 0 radical (unpaired) electrons. The minimum absolute atomic E-state index is 0.163. The van der Waals surface area contributed by atoms with Gasteiger partial charge in [-0.2, -0.15) is 0 Å². The zero-order valence-corrected chi connectivity index (χ0v) is 12.6. The molecule has 1 aromatic heterocycles. The zero-order chi connectivity index (χ0) is 14.7. The molecule has 0 fully saturated rings. The van der Waals surface area contributed by atoms with Gasteiger partial charge in [0.05, 0.1) is 36.7 Å². The molecule has 0 atom stereocenters. The van der Waals surface area contributed by atoms with E-state index in [0.717, 1.165) is 5.52 Å². The van der Waals surface area contributed by atoms with Gasteiger partial charge in [0.15, 0.2) is 11.6 Å². The first-order valence-electron chi connectivity index (χ1n) is 6.47. The maximum absolute atomic E-state index is 13.7. The first kappa shape index (κ1) is 15.1. The number of ether oxygens (including phenoxy) is 2. The van der Waals surface area contributed by atoms with Crippen molar-refractivity contribution >= 4 is 22.6 Å². The van der Waals surface area contributed by atoms with Crippen LogP contribution in [0, 0.1) is 5.82 Å². The second kappa shape index (κ2) is 6.41. The first-order chi connectivity index (χ1) is 9.56. The number of imidazole rings is 1. The number of alkyl halides is 1. The van der Waals surface area contributed by atoms with Crippen LogP contribution in [0.2, 0.25) is 0 Å². The van der Waals surface area contributed by atoms with E-state index in [-0.39, 0.29) is 17.7 Å². The molecule has 0 saturated heterocycles. The summed E-state index contributed by atoms with van der Waals surface area (Å²) in [7, 11) is 1.44. The quantitative estimate of drug-likeness (QED) is 0.768. The van der Waals surface area contributed by atoms with Gasteiger partial charge in [0, 0.05) is 18.7 Å². The third-order valence-corrected chi connectivity index (χ3v) is 3.23. The molecule has 0 aliphatic carbocycles. The van der Waals surface area contributed by atoms with Crippen LogP contribution in [0.15, 0.2) is 12.1 Å². The van der Waals surface area contributed by atoms with E-state index in [4.69, 9.17) is 21.1 Å². The fraction of sp³-hybridized carbons (Fsp3) is 0.500. The van der Waals surface area contributed by atoms with E-state index in [2.05, 4.69) is 4.98 Å². The van der Waals surface area contributed by atoms with E-state index in [1.165, 1.54) is 13.2 Å². The predicted molar refractivity (Wildman–Crippen MR) is 76.9 cm³/mol. The summed E-state index contributed by atoms with van der Waals surface area (Å²) in [6.07, 6.45) is 0.163. The lowest BCUT2D eigenvalue weighted by Gasteiger charge is -2.11.